The molecule has 1 aromatic rings. The quantitative estimate of drug-likeness (QED) is 0.475. The molecule has 2 aliphatic heterocycles. The van der Waals surface area contributed by atoms with Crippen LogP contribution in [-0.2, 0) is 14.3 Å². The lowest BCUT2D eigenvalue weighted by Gasteiger charge is -2.29. The van der Waals surface area contributed by atoms with Crippen molar-refractivity contribution in [1.29, 1.82) is 0 Å². The van der Waals surface area contributed by atoms with Crippen molar-refractivity contribution in [3.8, 4) is 6.01 Å². The molecule has 2 saturated heterocycles. The summed E-state index contributed by atoms with van der Waals surface area (Å²) in [5.41, 5.74) is 0. The number of anilines is 2. The number of aromatic nitrogens is 3. The molecule has 0 unspecified atom stereocenters. The van der Waals surface area contributed by atoms with Gasteiger partial charge in [-0.25, -0.2) is 4.79 Å². The highest BCUT2D eigenvalue weighted by molar-refractivity contribution is 5.88. The van der Waals surface area contributed by atoms with Crippen molar-refractivity contribution < 1.29 is 34.6 Å². The largest absolute Gasteiger partial charge is 0.545 e. The SMILES string of the molecule is COc1nc(N2CC[NH2+]CC2)nc(N2CCOCC2)n1.O=C([O-])/C=C/C(=O)O. The van der Waals surface area contributed by atoms with Crippen LogP contribution in [0.4, 0.5) is 11.9 Å². The highest BCUT2D eigenvalue weighted by atomic mass is 16.5. The minimum atomic E-state index is -1.51. The lowest BCUT2D eigenvalue weighted by molar-refractivity contribution is -0.655. The van der Waals surface area contributed by atoms with Gasteiger partial charge in [-0.15, -0.1) is 0 Å². The third-order valence-electron chi connectivity index (χ3n) is 3.92. The number of piperazine rings is 1. The first-order chi connectivity index (χ1) is 13.5. The van der Waals surface area contributed by atoms with E-state index in [0.29, 0.717) is 43.3 Å². The van der Waals surface area contributed by atoms with E-state index >= 15 is 0 Å². The molecule has 28 heavy (non-hydrogen) atoms. The summed E-state index contributed by atoms with van der Waals surface area (Å²) in [6, 6.07) is 0.381. The molecule has 2 fully saturated rings. The van der Waals surface area contributed by atoms with Gasteiger partial charge < -0.3 is 39.6 Å². The zero-order chi connectivity index (χ0) is 20.4. The van der Waals surface area contributed by atoms with Crippen molar-refractivity contribution in [3.05, 3.63) is 12.2 Å². The number of hydrogen-bond donors (Lipinski definition) is 2. The maximum Gasteiger partial charge on any atom is 0.328 e. The zero-order valence-electron chi connectivity index (χ0n) is 15.6. The molecule has 3 heterocycles. The number of ether oxygens (including phenoxy) is 2. The highest BCUT2D eigenvalue weighted by Crippen LogP contribution is 2.18. The number of carboxylic acid groups (broad SMARTS) is 2. The molecular formula is C16H24N6O6. The molecule has 0 atom stereocenters. The van der Waals surface area contributed by atoms with Crippen LogP contribution in [0.3, 0.4) is 0 Å². The first-order valence-electron chi connectivity index (χ1n) is 8.81. The molecule has 154 valence electrons. The number of nitrogens with zero attached hydrogens (tertiary/aromatic N) is 5. The number of methoxy groups -OCH3 is 1. The average molecular weight is 396 g/mol. The van der Waals surface area contributed by atoms with Gasteiger partial charge in [0.1, 0.15) is 0 Å². The van der Waals surface area contributed by atoms with E-state index in [-0.39, 0.29) is 0 Å². The molecule has 0 aliphatic carbocycles. The Balaban J connectivity index is 0.000000300. The van der Waals surface area contributed by atoms with E-state index < -0.39 is 11.9 Å². The van der Waals surface area contributed by atoms with Gasteiger partial charge in [-0.05, 0) is 6.08 Å². The van der Waals surface area contributed by atoms with Crippen LogP contribution in [0.25, 0.3) is 0 Å². The van der Waals surface area contributed by atoms with E-state index in [1.807, 2.05) is 0 Å². The number of aliphatic carboxylic acids is 2. The van der Waals surface area contributed by atoms with Crippen LogP contribution < -0.4 is 25.0 Å². The number of rotatable bonds is 5. The predicted octanol–water partition coefficient (Wildman–Crippen LogP) is -3.52. The van der Waals surface area contributed by atoms with Gasteiger partial charge >= 0.3 is 12.0 Å². The number of morpholine rings is 1. The van der Waals surface area contributed by atoms with Gasteiger partial charge in [0.05, 0.1) is 52.5 Å². The molecule has 1 aromatic heterocycles. The Kier molecular flexibility index (Phi) is 8.37. The van der Waals surface area contributed by atoms with Gasteiger partial charge in [-0.1, -0.05) is 0 Å². The van der Waals surface area contributed by atoms with E-state index in [0.717, 1.165) is 39.3 Å². The number of nitrogens with two attached hydrogens (primary N) is 1. The predicted molar refractivity (Wildman–Crippen MR) is 95.1 cm³/mol. The second-order valence-electron chi connectivity index (χ2n) is 5.87. The maximum absolute atomic E-state index is 9.53. The van der Waals surface area contributed by atoms with Crippen LogP contribution >= 0.6 is 0 Å². The number of hydrogen-bond acceptors (Lipinski definition) is 10. The topological polar surface area (TPSA) is 158 Å². The Bertz CT molecular complexity index is 636. The lowest BCUT2D eigenvalue weighted by atomic mass is 10.4. The Hall–Kier alpha value is -2.99. The average Bonchev–Trinajstić information content (AvgIpc) is 2.73. The summed E-state index contributed by atoms with van der Waals surface area (Å²) in [5.74, 6) is -1.40. The fourth-order valence-corrected chi connectivity index (χ4v) is 2.56. The Labute approximate surface area is 161 Å². The minimum absolute atomic E-state index is 0.381. The van der Waals surface area contributed by atoms with Crippen molar-refractivity contribution in [2.75, 3.05) is 69.4 Å². The van der Waals surface area contributed by atoms with Crippen molar-refractivity contribution in [1.82, 2.24) is 15.0 Å². The fourth-order valence-electron chi connectivity index (χ4n) is 2.56. The molecule has 0 bridgehead atoms. The Morgan fingerprint density at radius 1 is 1.07 bits per heavy atom. The Morgan fingerprint density at radius 2 is 1.64 bits per heavy atom. The second kappa shape index (κ2) is 11.0. The van der Waals surface area contributed by atoms with Crippen LogP contribution in [0, 0.1) is 0 Å². The number of carboxylic acids is 2. The van der Waals surface area contributed by atoms with Crippen molar-refractivity contribution in [2.24, 2.45) is 0 Å². The van der Waals surface area contributed by atoms with Gasteiger partial charge in [0.25, 0.3) is 0 Å². The van der Waals surface area contributed by atoms with Crippen molar-refractivity contribution in [3.63, 3.8) is 0 Å². The summed E-state index contributed by atoms with van der Waals surface area (Å²) < 4.78 is 10.6. The molecule has 2 aliphatic rings. The number of carbonyl (C=O) groups excluding carboxylic acids is 1. The van der Waals surface area contributed by atoms with E-state index in [4.69, 9.17) is 14.6 Å². The van der Waals surface area contributed by atoms with Crippen LogP contribution in [0.15, 0.2) is 12.2 Å². The molecule has 12 nitrogen and oxygen atoms in total. The van der Waals surface area contributed by atoms with Crippen LogP contribution in [0.1, 0.15) is 0 Å². The van der Waals surface area contributed by atoms with Gasteiger partial charge in [0.15, 0.2) is 0 Å². The first kappa shape index (κ1) is 21.3. The molecule has 3 rings (SSSR count). The zero-order valence-corrected chi connectivity index (χ0v) is 15.6. The lowest BCUT2D eigenvalue weighted by Crippen LogP contribution is -2.89. The molecule has 0 radical (unpaired) electrons. The van der Waals surface area contributed by atoms with Gasteiger partial charge in [-0.3, -0.25) is 0 Å². The van der Waals surface area contributed by atoms with Crippen LogP contribution in [-0.4, -0.2) is 91.6 Å². The molecule has 0 amide bonds. The molecule has 3 N–H and O–H groups in total. The van der Waals surface area contributed by atoms with E-state index in [2.05, 4.69) is 30.1 Å². The smallest absolute Gasteiger partial charge is 0.328 e. The molecule has 0 spiro atoms. The van der Waals surface area contributed by atoms with Gasteiger partial charge in [0, 0.05) is 19.2 Å². The third kappa shape index (κ3) is 6.96. The Morgan fingerprint density at radius 3 is 2.11 bits per heavy atom. The molecular weight excluding hydrogens is 372 g/mol. The van der Waals surface area contributed by atoms with Crippen LogP contribution in [0.2, 0.25) is 0 Å². The van der Waals surface area contributed by atoms with Gasteiger partial charge in [-0.2, -0.15) is 15.0 Å². The molecule has 0 saturated carbocycles. The first-order valence-corrected chi connectivity index (χ1v) is 8.81. The van der Waals surface area contributed by atoms with E-state index in [1.165, 1.54) is 0 Å². The molecule has 12 heteroatoms. The summed E-state index contributed by atoms with van der Waals surface area (Å²) in [4.78, 5) is 36.6. The van der Waals surface area contributed by atoms with E-state index in [9.17, 15) is 14.7 Å². The van der Waals surface area contributed by atoms with Crippen molar-refractivity contribution >= 4 is 23.8 Å². The summed E-state index contributed by atoms with van der Waals surface area (Å²) in [6.45, 7) is 7.08. The second-order valence-corrected chi connectivity index (χ2v) is 5.87. The van der Waals surface area contributed by atoms with Gasteiger partial charge in [0.2, 0.25) is 11.9 Å². The minimum Gasteiger partial charge on any atom is -0.545 e. The van der Waals surface area contributed by atoms with E-state index in [1.54, 1.807) is 7.11 Å². The standard InChI is InChI=1S/C12H20N6O2.C4H4O4/c1-19-12-15-10(17-4-2-13-3-5-17)14-11(16-12)18-6-8-20-9-7-18;5-3(6)1-2-4(7)8/h13H,2-9H2,1H3;1-2H,(H,5,6)(H,7,8)/b;2-1+. The number of quaternary nitrogens is 1. The van der Waals surface area contributed by atoms with Crippen molar-refractivity contribution in [2.45, 2.75) is 0 Å². The monoisotopic (exact) mass is 396 g/mol. The molecule has 0 aromatic carbocycles. The fraction of sp³-hybridized carbons (Fsp3) is 0.562. The third-order valence-corrected chi connectivity index (χ3v) is 3.92. The summed E-state index contributed by atoms with van der Waals surface area (Å²) in [7, 11) is 1.59. The summed E-state index contributed by atoms with van der Waals surface area (Å²) in [5, 5.41) is 19.5. The number of carbonyl (C=O) groups is 2. The normalized spacial score (nSPS) is 17.0. The maximum atomic E-state index is 9.53. The highest BCUT2D eigenvalue weighted by Gasteiger charge is 2.21. The van der Waals surface area contributed by atoms with Crippen LogP contribution in [0.5, 0.6) is 6.01 Å². The summed E-state index contributed by atoms with van der Waals surface area (Å²) in [6.07, 6.45) is 0.942. The summed E-state index contributed by atoms with van der Waals surface area (Å²) >= 11 is 0.